The number of rotatable bonds is 2. The SMILES string of the molecule is Cc1ccc(NC(=S)Nc2ccc(C(F)(F)F)cc2)c(Cl)c1. The van der Waals surface area contributed by atoms with Gasteiger partial charge in [0.25, 0.3) is 0 Å². The fourth-order valence-corrected chi connectivity index (χ4v) is 2.26. The largest absolute Gasteiger partial charge is 0.416 e. The van der Waals surface area contributed by atoms with Crippen LogP contribution in [-0.4, -0.2) is 5.11 Å². The zero-order valence-electron chi connectivity index (χ0n) is 11.5. The maximum absolute atomic E-state index is 12.5. The van der Waals surface area contributed by atoms with E-state index in [4.69, 9.17) is 23.8 Å². The van der Waals surface area contributed by atoms with Crippen molar-refractivity contribution in [3.05, 3.63) is 58.6 Å². The van der Waals surface area contributed by atoms with E-state index >= 15 is 0 Å². The van der Waals surface area contributed by atoms with E-state index in [2.05, 4.69) is 10.6 Å². The minimum atomic E-state index is -4.35. The van der Waals surface area contributed by atoms with Crippen LogP contribution >= 0.6 is 23.8 Å². The molecule has 2 N–H and O–H groups in total. The molecule has 22 heavy (non-hydrogen) atoms. The Morgan fingerprint density at radius 1 is 1.05 bits per heavy atom. The first-order chi connectivity index (χ1) is 10.3. The van der Waals surface area contributed by atoms with Gasteiger partial charge in [0.2, 0.25) is 0 Å². The van der Waals surface area contributed by atoms with Crippen LogP contribution in [0, 0.1) is 6.92 Å². The van der Waals surface area contributed by atoms with Crippen molar-refractivity contribution in [2.45, 2.75) is 13.1 Å². The van der Waals surface area contributed by atoms with E-state index in [9.17, 15) is 13.2 Å². The summed E-state index contributed by atoms with van der Waals surface area (Å²) in [5, 5.41) is 6.45. The summed E-state index contributed by atoms with van der Waals surface area (Å²) >= 11 is 11.2. The van der Waals surface area contributed by atoms with Gasteiger partial charge in [0.1, 0.15) is 0 Å². The second-order valence-electron chi connectivity index (χ2n) is 4.64. The van der Waals surface area contributed by atoms with Gasteiger partial charge in [-0.05, 0) is 61.1 Å². The number of hydrogen-bond donors (Lipinski definition) is 2. The summed E-state index contributed by atoms with van der Waals surface area (Å²) in [5.41, 5.74) is 1.38. The van der Waals surface area contributed by atoms with Gasteiger partial charge in [0, 0.05) is 5.69 Å². The standard InChI is InChI=1S/C15H12ClF3N2S/c1-9-2-7-13(12(16)8-9)21-14(22)20-11-5-3-10(4-6-11)15(17,18)19/h2-8H,1H3,(H2,20,21,22). The Morgan fingerprint density at radius 2 is 1.68 bits per heavy atom. The molecule has 0 aliphatic carbocycles. The van der Waals surface area contributed by atoms with Crippen LogP contribution in [0.4, 0.5) is 24.5 Å². The van der Waals surface area contributed by atoms with Gasteiger partial charge < -0.3 is 10.6 Å². The molecule has 7 heteroatoms. The van der Waals surface area contributed by atoms with Crippen molar-refractivity contribution in [3.8, 4) is 0 Å². The first-order valence-corrected chi connectivity index (χ1v) is 7.06. The molecule has 0 bridgehead atoms. The number of benzene rings is 2. The second kappa shape index (κ2) is 6.54. The third kappa shape index (κ3) is 4.35. The third-order valence-corrected chi connectivity index (χ3v) is 3.36. The van der Waals surface area contributed by atoms with Crippen LogP contribution in [0.5, 0.6) is 0 Å². The molecule has 0 saturated carbocycles. The summed E-state index contributed by atoms with van der Waals surface area (Å²) in [4.78, 5) is 0. The summed E-state index contributed by atoms with van der Waals surface area (Å²) in [6.45, 7) is 1.91. The van der Waals surface area contributed by atoms with Gasteiger partial charge in [0.15, 0.2) is 5.11 Å². The van der Waals surface area contributed by atoms with Crippen LogP contribution < -0.4 is 10.6 Å². The van der Waals surface area contributed by atoms with Crippen molar-refractivity contribution in [2.75, 3.05) is 10.6 Å². The van der Waals surface area contributed by atoms with Crippen molar-refractivity contribution in [2.24, 2.45) is 0 Å². The van der Waals surface area contributed by atoms with E-state index in [1.165, 1.54) is 12.1 Å². The molecule has 0 spiro atoms. The van der Waals surface area contributed by atoms with E-state index in [0.717, 1.165) is 17.7 Å². The lowest BCUT2D eigenvalue weighted by Gasteiger charge is -2.13. The Balaban J connectivity index is 2.03. The summed E-state index contributed by atoms with van der Waals surface area (Å²) in [5.74, 6) is 0. The van der Waals surface area contributed by atoms with E-state index in [1.54, 1.807) is 12.1 Å². The zero-order chi connectivity index (χ0) is 16.3. The van der Waals surface area contributed by atoms with Crippen LogP contribution in [-0.2, 0) is 6.18 Å². The van der Waals surface area contributed by atoms with Gasteiger partial charge >= 0.3 is 6.18 Å². The highest BCUT2D eigenvalue weighted by Crippen LogP contribution is 2.30. The van der Waals surface area contributed by atoms with Crippen LogP contribution in [0.15, 0.2) is 42.5 Å². The highest BCUT2D eigenvalue weighted by molar-refractivity contribution is 7.80. The normalized spacial score (nSPS) is 11.1. The molecule has 0 heterocycles. The third-order valence-electron chi connectivity index (χ3n) is 2.84. The van der Waals surface area contributed by atoms with Crippen molar-refractivity contribution in [3.63, 3.8) is 0 Å². The molecule has 2 nitrogen and oxygen atoms in total. The van der Waals surface area contributed by atoms with Gasteiger partial charge in [-0.15, -0.1) is 0 Å². The maximum Gasteiger partial charge on any atom is 0.416 e. The van der Waals surface area contributed by atoms with Crippen LogP contribution in [0.3, 0.4) is 0 Å². The molecular formula is C15H12ClF3N2S. The molecule has 2 aromatic carbocycles. The summed E-state index contributed by atoms with van der Waals surface area (Å²) in [6.07, 6.45) is -4.35. The first-order valence-electron chi connectivity index (χ1n) is 6.27. The molecule has 2 rings (SSSR count). The molecule has 2 aromatic rings. The average molecular weight is 345 g/mol. The van der Waals surface area contributed by atoms with Gasteiger partial charge in [-0.3, -0.25) is 0 Å². The number of nitrogens with one attached hydrogen (secondary N) is 2. The smallest absolute Gasteiger partial charge is 0.332 e. The molecule has 0 unspecified atom stereocenters. The first kappa shape index (κ1) is 16.6. The number of hydrogen-bond acceptors (Lipinski definition) is 1. The fourth-order valence-electron chi connectivity index (χ4n) is 1.75. The van der Waals surface area contributed by atoms with Crippen LogP contribution in [0.1, 0.15) is 11.1 Å². The minimum Gasteiger partial charge on any atom is -0.332 e. The topological polar surface area (TPSA) is 24.1 Å². The number of aryl methyl sites for hydroxylation is 1. The van der Waals surface area contributed by atoms with Gasteiger partial charge in [-0.25, -0.2) is 0 Å². The molecule has 0 saturated heterocycles. The lowest BCUT2D eigenvalue weighted by atomic mass is 10.2. The van der Waals surface area contributed by atoms with Crippen LogP contribution in [0.2, 0.25) is 5.02 Å². The quantitative estimate of drug-likeness (QED) is 0.706. The predicted molar refractivity (Wildman–Crippen MR) is 87.5 cm³/mol. The molecule has 116 valence electrons. The Bertz CT molecular complexity index is 684. The van der Waals surface area contributed by atoms with Crippen LogP contribution in [0.25, 0.3) is 0 Å². The van der Waals surface area contributed by atoms with E-state index in [1.807, 2.05) is 13.0 Å². The number of alkyl halides is 3. The molecule has 0 aliphatic rings. The summed E-state index contributed by atoms with van der Waals surface area (Å²) in [7, 11) is 0. The van der Waals surface area contributed by atoms with Gasteiger partial charge in [0.05, 0.1) is 16.3 Å². The second-order valence-corrected chi connectivity index (χ2v) is 5.45. The summed E-state index contributed by atoms with van der Waals surface area (Å²) < 4.78 is 37.4. The van der Waals surface area contributed by atoms with Crippen molar-refractivity contribution < 1.29 is 13.2 Å². The maximum atomic E-state index is 12.5. The number of anilines is 2. The highest BCUT2D eigenvalue weighted by Gasteiger charge is 2.29. The summed E-state index contributed by atoms with van der Waals surface area (Å²) in [6, 6.07) is 10.0. The molecule has 0 aliphatic heterocycles. The highest BCUT2D eigenvalue weighted by atomic mass is 35.5. The fraction of sp³-hybridized carbons (Fsp3) is 0.133. The number of halogens is 4. The monoisotopic (exact) mass is 344 g/mol. The van der Waals surface area contributed by atoms with E-state index in [-0.39, 0.29) is 5.11 Å². The Hall–Kier alpha value is -1.79. The molecule has 0 amide bonds. The van der Waals surface area contributed by atoms with Gasteiger partial charge in [-0.2, -0.15) is 13.2 Å². The average Bonchev–Trinajstić information content (AvgIpc) is 2.41. The molecule has 0 fully saturated rings. The van der Waals surface area contributed by atoms with Crippen molar-refractivity contribution >= 4 is 40.3 Å². The lowest BCUT2D eigenvalue weighted by Crippen LogP contribution is -2.19. The lowest BCUT2D eigenvalue weighted by molar-refractivity contribution is -0.137. The molecule has 0 aromatic heterocycles. The Kier molecular flexibility index (Phi) is 4.93. The minimum absolute atomic E-state index is 0.241. The van der Waals surface area contributed by atoms with Crippen molar-refractivity contribution in [1.29, 1.82) is 0 Å². The zero-order valence-corrected chi connectivity index (χ0v) is 13.0. The Morgan fingerprint density at radius 3 is 2.23 bits per heavy atom. The van der Waals surface area contributed by atoms with Gasteiger partial charge in [-0.1, -0.05) is 17.7 Å². The predicted octanol–water partition coefficient (Wildman–Crippen LogP) is 5.48. The molecular weight excluding hydrogens is 333 g/mol. The van der Waals surface area contributed by atoms with Crippen molar-refractivity contribution in [1.82, 2.24) is 0 Å². The Labute approximate surface area is 136 Å². The number of thiocarbonyl (C=S) groups is 1. The molecule has 0 radical (unpaired) electrons. The molecule has 0 atom stereocenters. The van der Waals surface area contributed by atoms with E-state index in [0.29, 0.717) is 16.4 Å². The van der Waals surface area contributed by atoms with E-state index < -0.39 is 11.7 Å².